The van der Waals surface area contributed by atoms with Crippen LogP contribution < -0.4 is 14.2 Å². The largest absolute Gasteiger partial charge is 0.507 e. The summed E-state index contributed by atoms with van der Waals surface area (Å²) in [6, 6.07) is 29.7. The van der Waals surface area contributed by atoms with Gasteiger partial charge in [0.1, 0.15) is 24.7 Å². The topological polar surface area (TPSA) is 66.4 Å². The number of rotatable bonds is 10. The van der Waals surface area contributed by atoms with Gasteiger partial charge in [0.15, 0.2) is 17.8 Å². The molecule has 1 heterocycles. The highest BCUT2D eigenvalue weighted by Gasteiger charge is 2.18. The normalized spacial score (nSPS) is 15.2. The van der Waals surface area contributed by atoms with Crippen LogP contribution in [0, 0.1) is 0 Å². The predicted octanol–water partition coefficient (Wildman–Crippen LogP) is 7.88. The van der Waals surface area contributed by atoms with Crippen molar-refractivity contribution >= 4 is 21.5 Å². The molecule has 6 rings (SSSR count). The zero-order chi connectivity index (χ0) is 28.0. The smallest absolute Gasteiger partial charge is 0.161 e. The standard InChI is InChI=1S/C35H34O6/c1-37-32-22-24(23-41-33-12-6-7-19-40-33)13-17-30(32)38-20-21-39-31-18-15-26-9-3-5-11-28(26)35(31)34-27-10-4-2-8-25(27)14-16-29(34)36/h2-5,8-11,13-18,22,33,36H,6-7,12,19-21,23H2,1H3. The van der Waals surface area contributed by atoms with E-state index in [1.807, 2.05) is 72.8 Å². The van der Waals surface area contributed by atoms with Crippen molar-refractivity contribution in [3.05, 3.63) is 96.6 Å². The van der Waals surface area contributed by atoms with Crippen LogP contribution in [-0.2, 0) is 16.1 Å². The minimum atomic E-state index is -0.140. The molecule has 1 saturated heterocycles. The fourth-order valence-corrected chi connectivity index (χ4v) is 5.41. The minimum absolute atomic E-state index is 0.140. The molecule has 6 heteroatoms. The van der Waals surface area contributed by atoms with E-state index in [2.05, 4.69) is 12.1 Å². The Labute approximate surface area is 240 Å². The second-order valence-electron chi connectivity index (χ2n) is 10.1. The van der Waals surface area contributed by atoms with Crippen molar-refractivity contribution in [2.75, 3.05) is 26.9 Å². The molecule has 0 saturated carbocycles. The maximum absolute atomic E-state index is 11.0. The van der Waals surface area contributed by atoms with Gasteiger partial charge < -0.3 is 28.8 Å². The van der Waals surface area contributed by atoms with E-state index < -0.39 is 0 Å². The molecule has 0 aromatic heterocycles. The summed E-state index contributed by atoms with van der Waals surface area (Å²) in [6.45, 7) is 1.84. The van der Waals surface area contributed by atoms with E-state index in [1.54, 1.807) is 13.2 Å². The molecule has 210 valence electrons. The van der Waals surface area contributed by atoms with Gasteiger partial charge in [-0.15, -0.1) is 0 Å². The van der Waals surface area contributed by atoms with E-state index >= 15 is 0 Å². The summed E-state index contributed by atoms with van der Waals surface area (Å²) in [4.78, 5) is 0. The lowest BCUT2D eigenvalue weighted by atomic mass is 9.92. The lowest BCUT2D eigenvalue weighted by molar-refractivity contribution is -0.168. The van der Waals surface area contributed by atoms with Crippen molar-refractivity contribution in [3.63, 3.8) is 0 Å². The molecule has 5 aromatic carbocycles. The SMILES string of the molecule is COc1cc(COC2CCCCO2)ccc1OCCOc1ccc2ccccc2c1-c1c(O)ccc2ccccc12. The maximum atomic E-state index is 11.0. The Bertz CT molecular complexity index is 1640. The Kier molecular flexibility index (Phi) is 8.21. The molecule has 5 aromatic rings. The molecule has 1 unspecified atom stereocenters. The molecular weight excluding hydrogens is 516 g/mol. The van der Waals surface area contributed by atoms with E-state index in [9.17, 15) is 5.11 Å². The van der Waals surface area contributed by atoms with Crippen LogP contribution in [0.2, 0.25) is 0 Å². The number of benzene rings is 5. The molecule has 0 spiro atoms. The maximum Gasteiger partial charge on any atom is 0.161 e. The molecule has 1 aliphatic heterocycles. The van der Waals surface area contributed by atoms with E-state index in [4.69, 9.17) is 23.7 Å². The van der Waals surface area contributed by atoms with Crippen LogP contribution in [0.4, 0.5) is 0 Å². The van der Waals surface area contributed by atoms with Crippen molar-refractivity contribution in [1.29, 1.82) is 0 Å². The zero-order valence-electron chi connectivity index (χ0n) is 23.2. The lowest BCUT2D eigenvalue weighted by Gasteiger charge is -2.22. The number of fused-ring (bicyclic) bond motifs is 2. The van der Waals surface area contributed by atoms with Crippen LogP contribution in [0.5, 0.6) is 23.0 Å². The summed E-state index contributed by atoms with van der Waals surface area (Å²) in [7, 11) is 1.63. The van der Waals surface area contributed by atoms with E-state index in [0.29, 0.717) is 37.1 Å². The first-order valence-corrected chi connectivity index (χ1v) is 14.1. The highest BCUT2D eigenvalue weighted by atomic mass is 16.7. The summed E-state index contributed by atoms with van der Waals surface area (Å²) in [5.74, 6) is 2.18. The third-order valence-electron chi connectivity index (χ3n) is 7.45. The Balaban J connectivity index is 1.19. The molecule has 41 heavy (non-hydrogen) atoms. The van der Waals surface area contributed by atoms with Crippen LogP contribution in [0.15, 0.2) is 91.0 Å². The summed E-state index contributed by atoms with van der Waals surface area (Å²) < 4.78 is 29.5. The predicted molar refractivity (Wildman–Crippen MR) is 161 cm³/mol. The summed E-state index contributed by atoms with van der Waals surface area (Å²) in [6.07, 6.45) is 3.01. The fourth-order valence-electron chi connectivity index (χ4n) is 5.41. The first-order chi connectivity index (χ1) is 20.2. The average Bonchev–Trinajstić information content (AvgIpc) is 3.03. The van der Waals surface area contributed by atoms with Crippen LogP contribution in [0.25, 0.3) is 32.7 Å². The molecule has 1 N–H and O–H groups in total. The third kappa shape index (κ3) is 5.94. The molecule has 0 amide bonds. The van der Waals surface area contributed by atoms with Gasteiger partial charge in [-0.05, 0) is 70.6 Å². The lowest BCUT2D eigenvalue weighted by Crippen LogP contribution is -2.22. The van der Waals surface area contributed by atoms with E-state index in [1.165, 1.54) is 0 Å². The Morgan fingerprint density at radius 3 is 2.15 bits per heavy atom. The number of ether oxygens (including phenoxy) is 5. The molecule has 0 radical (unpaired) electrons. The second-order valence-corrected chi connectivity index (χ2v) is 10.1. The first kappa shape index (κ1) is 26.9. The highest BCUT2D eigenvalue weighted by Crippen LogP contribution is 2.45. The van der Waals surface area contributed by atoms with Crippen LogP contribution in [0.3, 0.4) is 0 Å². The molecule has 0 aliphatic carbocycles. The molecule has 6 nitrogen and oxygen atoms in total. The zero-order valence-corrected chi connectivity index (χ0v) is 23.2. The second kappa shape index (κ2) is 12.5. The number of hydrogen-bond acceptors (Lipinski definition) is 6. The minimum Gasteiger partial charge on any atom is -0.507 e. The van der Waals surface area contributed by atoms with E-state index in [-0.39, 0.29) is 12.0 Å². The van der Waals surface area contributed by atoms with Crippen molar-refractivity contribution in [1.82, 2.24) is 0 Å². The Hall–Kier alpha value is -4.26. The first-order valence-electron chi connectivity index (χ1n) is 14.1. The van der Waals surface area contributed by atoms with Crippen LogP contribution >= 0.6 is 0 Å². The Morgan fingerprint density at radius 1 is 0.732 bits per heavy atom. The van der Waals surface area contributed by atoms with Crippen molar-refractivity contribution in [3.8, 4) is 34.1 Å². The number of phenols is 1. The van der Waals surface area contributed by atoms with Crippen molar-refractivity contribution in [2.45, 2.75) is 32.2 Å². The average molecular weight is 551 g/mol. The molecule has 0 bridgehead atoms. The van der Waals surface area contributed by atoms with Gasteiger partial charge in [0.2, 0.25) is 0 Å². The summed E-state index contributed by atoms with van der Waals surface area (Å²) in [5.41, 5.74) is 2.62. The third-order valence-corrected chi connectivity index (χ3v) is 7.45. The van der Waals surface area contributed by atoms with Gasteiger partial charge in [0.05, 0.1) is 13.7 Å². The van der Waals surface area contributed by atoms with Gasteiger partial charge in [-0.25, -0.2) is 0 Å². The number of methoxy groups -OCH3 is 1. The highest BCUT2D eigenvalue weighted by molar-refractivity contribution is 6.09. The van der Waals surface area contributed by atoms with Gasteiger partial charge in [0, 0.05) is 17.7 Å². The molecule has 1 atom stereocenters. The van der Waals surface area contributed by atoms with Crippen LogP contribution in [0.1, 0.15) is 24.8 Å². The quantitative estimate of drug-likeness (QED) is 0.179. The van der Waals surface area contributed by atoms with Gasteiger partial charge in [0.25, 0.3) is 0 Å². The number of aromatic hydroxyl groups is 1. The van der Waals surface area contributed by atoms with E-state index in [0.717, 1.165) is 64.1 Å². The Morgan fingerprint density at radius 2 is 1.41 bits per heavy atom. The summed E-state index contributed by atoms with van der Waals surface area (Å²) in [5, 5.41) is 15.1. The van der Waals surface area contributed by atoms with Gasteiger partial charge in [-0.1, -0.05) is 66.7 Å². The molecular formula is C35H34O6. The number of hydrogen-bond donors (Lipinski definition) is 1. The van der Waals surface area contributed by atoms with Crippen molar-refractivity contribution in [2.24, 2.45) is 0 Å². The fraction of sp³-hybridized carbons (Fsp3) is 0.257. The van der Waals surface area contributed by atoms with Gasteiger partial charge in [-0.3, -0.25) is 0 Å². The number of phenolic OH excluding ortho intramolecular Hbond substituents is 1. The summed E-state index contributed by atoms with van der Waals surface area (Å²) >= 11 is 0. The molecule has 1 fully saturated rings. The van der Waals surface area contributed by atoms with Gasteiger partial charge in [-0.2, -0.15) is 0 Å². The van der Waals surface area contributed by atoms with Crippen LogP contribution in [-0.4, -0.2) is 38.3 Å². The monoisotopic (exact) mass is 550 g/mol. The van der Waals surface area contributed by atoms with Crippen molar-refractivity contribution < 1.29 is 28.8 Å². The van der Waals surface area contributed by atoms with Gasteiger partial charge >= 0.3 is 0 Å². The molecule has 1 aliphatic rings.